The van der Waals surface area contributed by atoms with E-state index in [1.54, 1.807) is 17.0 Å². The average molecular weight is 297 g/mol. The highest BCUT2D eigenvalue weighted by Gasteiger charge is 2.32. The first kappa shape index (κ1) is 15.0. The van der Waals surface area contributed by atoms with E-state index in [-0.39, 0.29) is 16.8 Å². The van der Waals surface area contributed by atoms with Gasteiger partial charge in [0.1, 0.15) is 0 Å². The van der Waals surface area contributed by atoms with Gasteiger partial charge in [0.15, 0.2) is 0 Å². The van der Waals surface area contributed by atoms with Gasteiger partial charge in [-0.3, -0.25) is 8.98 Å². The molecule has 0 spiro atoms. The third-order valence-corrected chi connectivity index (χ3v) is 5.02. The van der Waals surface area contributed by atoms with E-state index in [1.165, 1.54) is 6.92 Å². The largest absolute Gasteiger partial charge is 0.336 e. The van der Waals surface area contributed by atoms with E-state index >= 15 is 0 Å². The van der Waals surface area contributed by atoms with Crippen LogP contribution in [0.4, 0.5) is 0 Å². The Bertz CT molecular complexity index is 624. The number of hydrogen-bond acceptors (Lipinski definition) is 4. The second-order valence-electron chi connectivity index (χ2n) is 5.03. The first-order valence-corrected chi connectivity index (χ1v) is 7.96. The summed E-state index contributed by atoms with van der Waals surface area (Å²) in [6.45, 7) is 4.08. The molecular weight excluding hydrogens is 278 g/mol. The molecule has 1 aromatic rings. The number of benzene rings is 1. The van der Waals surface area contributed by atoms with Crippen molar-refractivity contribution in [3.63, 3.8) is 0 Å². The van der Waals surface area contributed by atoms with Crippen molar-refractivity contribution in [3.05, 3.63) is 29.3 Å². The molecule has 1 fully saturated rings. The molecule has 1 heterocycles. The topological polar surface area (TPSA) is 63.7 Å². The summed E-state index contributed by atoms with van der Waals surface area (Å²) < 4.78 is 28.7. The van der Waals surface area contributed by atoms with Crippen molar-refractivity contribution < 1.29 is 17.4 Å². The molecule has 5 nitrogen and oxygen atoms in total. The van der Waals surface area contributed by atoms with Crippen LogP contribution in [-0.4, -0.2) is 32.9 Å². The number of carbonyl (C=O) groups is 1. The Labute approximate surface area is 119 Å². The lowest BCUT2D eigenvalue weighted by Crippen LogP contribution is -2.29. The molecule has 1 aliphatic heterocycles. The molecule has 0 radical (unpaired) electrons. The summed E-state index contributed by atoms with van der Waals surface area (Å²) in [6, 6.07) is 4.94. The second-order valence-corrected chi connectivity index (χ2v) is 6.71. The smallest absolute Gasteiger partial charge is 0.297 e. The Morgan fingerprint density at radius 1 is 1.40 bits per heavy atom. The summed E-state index contributed by atoms with van der Waals surface area (Å²) in [4.78, 5) is 13.6. The lowest BCUT2D eigenvalue weighted by molar-refractivity contribution is -0.129. The number of likely N-dealkylation sites (tertiary alicyclic amines) is 1. The Morgan fingerprint density at radius 2 is 2.10 bits per heavy atom. The van der Waals surface area contributed by atoms with Gasteiger partial charge in [-0.15, -0.1) is 0 Å². The fourth-order valence-electron chi connectivity index (χ4n) is 2.71. The Morgan fingerprint density at radius 3 is 2.70 bits per heavy atom. The van der Waals surface area contributed by atoms with Gasteiger partial charge in [0.25, 0.3) is 10.1 Å². The van der Waals surface area contributed by atoms with E-state index in [2.05, 4.69) is 4.18 Å². The van der Waals surface area contributed by atoms with Crippen molar-refractivity contribution in [1.82, 2.24) is 4.90 Å². The van der Waals surface area contributed by atoms with Crippen molar-refractivity contribution in [2.24, 2.45) is 0 Å². The summed E-state index contributed by atoms with van der Waals surface area (Å²) in [5.74, 6) is -0.0326. The van der Waals surface area contributed by atoms with Gasteiger partial charge < -0.3 is 4.90 Å². The summed E-state index contributed by atoms with van der Waals surface area (Å²) in [5.41, 5.74) is 1.62. The van der Waals surface area contributed by atoms with E-state index in [9.17, 15) is 13.2 Å². The molecule has 0 aromatic heterocycles. The van der Waals surface area contributed by atoms with E-state index in [4.69, 9.17) is 0 Å². The van der Waals surface area contributed by atoms with Crippen LogP contribution in [0.3, 0.4) is 0 Å². The molecule has 1 aromatic carbocycles. The van der Waals surface area contributed by atoms with Crippen LogP contribution in [-0.2, 0) is 19.1 Å². The van der Waals surface area contributed by atoms with Crippen LogP contribution in [0.2, 0.25) is 0 Å². The highest BCUT2D eigenvalue weighted by atomic mass is 32.2. The van der Waals surface area contributed by atoms with Gasteiger partial charge in [-0.05, 0) is 31.4 Å². The Balaban J connectivity index is 2.55. The van der Waals surface area contributed by atoms with Gasteiger partial charge in [0.05, 0.1) is 18.0 Å². The van der Waals surface area contributed by atoms with Gasteiger partial charge in [-0.1, -0.05) is 17.7 Å². The highest BCUT2D eigenvalue weighted by molar-refractivity contribution is 7.86. The normalized spacial score (nSPS) is 19.4. The monoisotopic (exact) mass is 297 g/mol. The van der Waals surface area contributed by atoms with Crippen LogP contribution >= 0.6 is 0 Å². The fraction of sp³-hybridized carbons (Fsp3) is 0.500. The summed E-state index contributed by atoms with van der Waals surface area (Å²) in [6.07, 6.45) is 1.65. The van der Waals surface area contributed by atoms with Crippen LogP contribution in [0.5, 0.6) is 0 Å². The molecule has 1 amide bonds. The average Bonchev–Trinajstić information content (AvgIpc) is 2.87. The summed E-state index contributed by atoms with van der Waals surface area (Å²) >= 11 is 0. The van der Waals surface area contributed by atoms with Gasteiger partial charge in [0, 0.05) is 13.5 Å². The van der Waals surface area contributed by atoms with Crippen LogP contribution in [0.25, 0.3) is 0 Å². The number of amides is 1. The van der Waals surface area contributed by atoms with E-state index in [1.807, 2.05) is 13.0 Å². The second kappa shape index (κ2) is 5.54. The Hall–Kier alpha value is -1.40. The van der Waals surface area contributed by atoms with Gasteiger partial charge in [-0.2, -0.15) is 8.42 Å². The number of rotatable bonds is 3. The van der Waals surface area contributed by atoms with Crippen LogP contribution in [0.1, 0.15) is 36.9 Å². The predicted molar refractivity (Wildman–Crippen MR) is 74.7 cm³/mol. The molecule has 0 unspecified atom stereocenters. The Kier molecular flexibility index (Phi) is 4.15. The third kappa shape index (κ3) is 2.71. The van der Waals surface area contributed by atoms with Crippen LogP contribution in [0, 0.1) is 6.92 Å². The predicted octanol–water partition coefficient (Wildman–Crippen LogP) is 2.01. The molecule has 6 heteroatoms. The van der Waals surface area contributed by atoms with E-state index in [0.717, 1.165) is 25.5 Å². The lowest BCUT2D eigenvalue weighted by Gasteiger charge is -2.25. The first-order valence-electron chi connectivity index (χ1n) is 6.55. The van der Waals surface area contributed by atoms with Crippen molar-refractivity contribution in [3.8, 4) is 0 Å². The number of nitrogens with zero attached hydrogens (tertiary/aromatic N) is 1. The first-order chi connectivity index (χ1) is 9.36. The zero-order valence-corrected chi connectivity index (χ0v) is 12.7. The van der Waals surface area contributed by atoms with Crippen molar-refractivity contribution in [2.75, 3.05) is 13.7 Å². The molecule has 0 aliphatic carbocycles. The molecule has 1 saturated heterocycles. The zero-order valence-electron chi connectivity index (χ0n) is 11.9. The van der Waals surface area contributed by atoms with Crippen molar-refractivity contribution in [1.29, 1.82) is 0 Å². The minimum atomic E-state index is -3.77. The van der Waals surface area contributed by atoms with E-state index < -0.39 is 10.1 Å². The number of carbonyl (C=O) groups excluding carboxylic acids is 1. The molecule has 20 heavy (non-hydrogen) atoms. The quantitative estimate of drug-likeness (QED) is 0.801. The molecule has 1 aliphatic rings. The molecule has 2 rings (SSSR count). The fourth-order valence-corrected chi connectivity index (χ4v) is 3.61. The summed E-state index contributed by atoms with van der Waals surface area (Å²) in [7, 11) is -2.62. The zero-order chi connectivity index (χ0) is 14.9. The number of aryl methyl sites for hydroxylation is 1. The highest BCUT2D eigenvalue weighted by Crippen LogP contribution is 2.36. The van der Waals surface area contributed by atoms with Crippen molar-refractivity contribution in [2.45, 2.75) is 37.6 Å². The maximum atomic E-state index is 12.0. The van der Waals surface area contributed by atoms with Gasteiger partial charge in [-0.25, -0.2) is 0 Å². The maximum absolute atomic E-state index is 12.0. The molecular formula is C14H19NO4S. The third-order valence-electron chi connectivity index (χ3n) is 3.67. The molecule has 110 valence electrons. The standard InChI is InChI=1S/C14H19NO4S/c1-10-6-7-14(20(17,18)19-3)12(9-10)13-5-4-8-15(13)11(2)16/h6-7,9,13H,4-5,8H2,1-3H3/t13-/m0/s1. The van der Waals surface area contributed by atoms with Crippen LogP contribution < -0.4 is 0 Å². The van der Waals surface area contributed by atoms with E-state index in [0.29, 0.717) is 12.1 Å². The lowest BCUT2D eigenvalue weighted by atomic mass is 10.0. The molecule has 0 bridgehead atoms. The van der Waals surface area contributed by atoms with Crippen molar-refractivity contribution >= 4 is 16.0 Å². The number of hydrogen-bond donors (Lipinski definition) is 0. The SMILES string of the molecule is COS(=O)(=O)c1ccc(C)cc1[C@@H]1CCCN1C(C)=O. The molecule has 1 atom stereocenters. The molecule has 0 N–H and O–H groups in total. The minimum absolute atomic E-state index is 0.0326. The summed E-state index contributed by atoms with van der Waals surface area (Å²) in [5, 5.41) is 0. The van der Waals surface area contributed by atoms with Gasteiger partial charge >= 0.3 is 0 Å². The van der Waals surface area contributed by atoms with Crippen LogP contribution in [0.15, 0.2) is 23.1 Å². The molecule has 0 saturated carbocycles. The van der Waals surface area contributed by atoms with Gasteiger partial charge in [0.2, 0.25) is 5.91 Å². The maximum Gasteiger partial charge on any atom is 0.297 e. The minimum Gasteiger partial charge on any atom is -0.336 e.